The van der Waals surface area contributed by atoms with Gasteiger partial charge in [0.15, 0.2) is 5.82 Å². The third kappa shape index (κ3) is 4.39. The molecule has 4 rings (SSSR count). The van der Waals surface area contributed by atoms with Gasteiger partial charge < -0.3 is 24.9 Å². The van der Waals surface area contributed by atoms with Gasteiger partial charge in [-0.15, -0.1) is 0 Å². The van der Waals surface area contributed by atoms with Crippen LogP contribution in [0.1, 0.15) is 18.5 Å². The van der Waals surface area contributed by atoms with Crippen LogP contribution in [0.4, 0.5) is 10.3 Å². The van der Waals surface area contributed by atoms with Crippen molar-refractivity contribution in [3.8, 4) is 22.6 Å². The number of nitrogens with one attached hydrogen (secondary N) is 2. The van der Waals surface area contributed by atoms with E-state index < -0.39 is 12.3 Å². The SMILES string of the molecule is O=C(O)CNc1nccc(-c2[nH]c(C3OCCCO3)nc2-c2ccc(F)cc2)n1. The molecule has 0 unspecified atom stereocenters. The zero-order valence-corrected chi connectivity index (χ0v) is 15.3. The van der Waals surface area contributed by atoms with Crippen molar-refractivity contribution in [3.63, 3.8) is 0 Å². The molecule has 1 saturated heterocycles. The zero-order chi connectivity index (χ0) is 20.2. The lowest BCUT2D eigenvalue weighted by Crippen LogP contribution is -2.18. The number of aromatic nitrogens is 4. The second-order valence-electron chi connectivity index (χ2n) is 6.29. The predicted octanol–water partition coefficient (Wildman–Crippen LogP) is 2.60. The fourth-order valence-corrected chi connectivity index (χ4v) is 2.89. The Morgan fingerprint density at radius 1 is 1.21 bits per heavy atom. The first-order chi connectivity index (χ1) is 14.1. The number of anilines is 1. The number of hydrogen-bond donors (Lipinski definition) is 3. The van der Waals surface area contributed by atoms with Crippen LogP contribution < -0.4 is 5.32 Å². The van der Waals surface area contributed by atoms with Crippen molar-refractivity contribution in [3.05, 3.63) is 48.2 Å². The average Bonchev–Trinajstić information content (AvgIpc) is 3.19. The minimum Gasteiger partial charge on any atom is -0.480 e. The highest BCUT2D eigenvalue weighted by Gasteiger charge is 2.24. The maximum Gasteiger partial charge on any atom is 0.322 e. The number of H-pyrrole nitrogens is 1. The number of aliphatic carboxylic acids is 1. The quantitative estimate of drug-likeness (QED) is 0.578. The zero-order valence-electron chi connectivity index (χ0n) is 15.3. The number of carbonyl (C=O) groups is 1. The Bertz CT molecular complexity index is 1000. The van der Waals surface area contributed by atoms with Gasteiger partial charge in [0.05, 0.1) is 30.3 Å². The van der Waals surface area contributed by atoms with Crippen LogP contribution in [0.2, 0.25) is 0 Å². The summed E-state index contributed by atoms with van der Waals surface area (Å²) in [5, 5.41) is 11.5. The molecular weight excluding hydrogens is 381 g/mol. The van der Waals surface area contributed by atoms with E-state index in [-0.39, 0.29) is 18.3 Å². The van der Waals surface area contributed by atoms with E-state index >= 15 is 0 Å². The van der Waals surface area contributed by atoms with Crippen LogP contribution in [-0.2, 0) is 14.3 Å². The molecule has 1 aliphatic rings. The summed E-state index contributed by atoms with van der Waals surface area (Å²) >= 11 is 0. The Morgan fingerprint density at radius 3 is 2.69 bits per heavy atom. The number of rotatable bonds is 6. The first-order valence-electron chi connectivity index (χ1n) is 8.98. The van der Waals surface area contributed by atoms with E-state index in [1.807, 2.05) is 0 Å². The standard InChI is InChI=1S/C19H18FN5O4/c20-12-4-2-11(3-5-12)15-16(25-17(24-15)18-28-8-1-9-29-18)13-6-7-21-19(23-13)22-10-14(26)27/h2-7,18H,1,8-10H2,(H,24,25)(H,26,27)(H,21,22,23). The maximum absolute atomic E-state index is 13.4. The fourth-order valence-electron chi connectivity index (χ4n) is 2.89. The number of imidazole rings is 1. The molecule has 29 heavy (non-hydrogen) atoms. The van der Waals surface area contributed by atoms with E-state index in [1.165, 1.54) is 18.3 Å². The molecule has 9 nitrogen and oxygen atoms in total. The van der Waals surface area contributed by atoms with Crippen LogP contribution in [0.5, 0.6) is 0 Å². The van der Waals surface area contributed by atoms with E-state index in [1.54, 1.807) is 18.2 Å². The van der Waals surface area contributed by atoms with Crippen molar-refractivity contribution in [2.24, 2.45) is 0 Å². The third-order valence-electron chi connectivity index (χ3n) is 4.20. The normalized spacial score (nSPS) is 14.7. The van der Waals surface area contributed by atoms with E-state index in [4.69, 9.17) is 14.6 Å². The highest BCUT2D eigenvalue weighted by Crippen LogP contribution is 2.32. The monoisotopic (exact) mass is 399 g/mol. The first kappa shape index (κ1) is 19.0. The summed E-state index contributed by atoms with van der Waals surface area (Å²) in [6, 6.07) is 7.60. The van der Waals surface area contributed by atoms with Crippen molar-refractivity contribution in [2.45, 2.75) is 12.7 Å². The first-order valence-corrected chi connectivity index (χ1v) is 8.98. The Hall–Kier alpha value is -3.37. The summed E-state index contributed by atoms with van der Waals surface area (Å²) in [7, 11) is 0. The highest BCUT2D eigenvalue weighted by molar-refractivity contribution is 5.77. The summed E-state index contributed by atoms with van der Waals surface area (Å²) in [6.45, 7) is 0.805. The Labute approximate surface area is 164 Å². The van der Waals surface area contributed by atoms with Crippen molar-refractivity contribution in [1.82, 2.24) is 19.9 Å². The Morgan fingerprint density at radius 2 is 1.97 bits per heavy atom. The van der Waals surface area contributed by atoms with Crippen molar-refractivity contribution >= 4 is 11.9 Å². The topological polar surface area (TPSA) is 122 Å². The summed E-state index contributed by atoms with van der Waals surface area (Å²) in [6.07, 6.45) is 1.68. The molecule has 0 saturated carbocycles. The fraction of sp³-hybridized carbons (Fsp3) is 0.263. The molecule has 10 heteroatoms. The van der Waals surface area contributed by atoms with E-state index in [2.05, 4.69) is 25.3 Å². The molecule has 0 spiro atoms. The third-order valence-corrected chi connectivity index (χ3v) is 4.20. The number of halogens is 1. The van der Waals surface area contributed by atoms with Gasteiger partial charge in [-0.1, -0.05) is 0 Å². The van der Waals surface area contributed by atoms with E-state index in [0.717, 1.165) is 6.42 Å². The van der Waals surface area contributed by atoms with Gasteiger partial charge in [0.1, 0.15) is 12.4 Å². The van der Waals surface area contributed by atoms with Crippen LogP contribution in [0.3, 0.4) is 0 Å². The lowest BCUT2D eigenvalue weighted by Gasteiger charge is -2.21. The molecule has 3 heterocycles. The van der Waals surface area contributed by atoms with Crippen LogP contribution in [-0.4, -0.2) is 50.8 Å². The summed E-state index contributed by atoms with van der Waals surface area (Å²) in [5.41, 5.74) is 2.27. The van der Waals surface area contributed by atoms with Crippen LogP contribution in [0.15, 0.2) is 36.5 Å². The number of carboxylic acid groups (broad SMARTS) is 1. The number of nitrogens with zero attached hydrogens (tertiary/aromatic N) is 3. The molecule has 1 fully saturated rings. The molecule has 0 atom stereocenters. The molecule has 0 bridgehead atoms. The van der Waals surface area contributed by atoms with Gasteiger partial charge in [-0.05, 0) is 36.8 Å². The molecule has 0 amide bonds. The molecule has 1 aliphatic heterocycles. The van der Waals surface area contributed by atoms with E-state index in [0.29, 0.717) is 41.7 Å². The Balaban J connectivity index is 1.74. The second-order valence-corrected chi connectivity index (χ2v) is 6.29. The van der Waals surface area contributed by atoms with Crippen LogP contribution >= 0.6 is 0 Å². The predicted molar refractivity (Wildman–Crippen MR) is 100 cm³/mol. The molecular formula is C19H18FN5O4. The van der Waals surface area contributed by atoms with Crippen molar-refractivity contribution in [2.75, 3.05) is 25.1 Å². The van der Waals surface area contributed by atoms with Crippen LogP contribution in [0, 0.1) is 5.82 Å². The highest BCUT2D eigenvalue weighted by atomic mass is 19.1. The molecule has 2 aromatic heterocycles. The summed E-state index contributed by atoms with van der Waals surface area (Å²) < 4.78 is 24.6. The van der Waals surface area contributed by atoms with Crippen LogP contribution in [0.25, 0.3) is 22.6 Å². The van der Waals surface area contributed by atoms with Gasteiger partial charge in [0.25, 0.3) is 0 Å². The number of hydrogen-bond acceptors (Lipinski definition) is 7. The van der Waals surface area contributed by atoms with Gasteiger partial charge in [0.2, 0.25) is 12.2 Å². The minimum atomic E-state index is -1.03. The summed E-state index contributed by atoms with van der Waals surface area (Å²) in [4.78, 5) is 27.0. The summed E-state index contributed by atoms with van der Waals surface area (Å²) in [5.74, 6) is -0.748. The van der Waals surface area contributed by atoms with Gasteiger partial charge in [-0.2, -0.15) is 0 Å². The number of aromatic amines is 1. The molecule has 0 radical (unpaired) electrons. The average molecular weight is 399 g/mol. The molecule has 3 aromatic rings. The number of benzene rings is 1. The second kappa shape index (κ2) is 8.33. The number of carboxylic acids is 1. The lowest BCUT2D eigenvalue weighted by molar-refractivity contribution is -0.186. The molecule has 0 aliphatic carbocycles. The van der Waals surface area contributed by atoms with Crippen molar-refractivity contribution < 1.29 is 23.8 Å². The smallest absolute Gasteiger partial charge is 0.322 e. The molecule has 1 aromatic carbocycles. The van der Waals surface area contributed by atoms with Gasteiger partial charge >= 0.3 is 5.97 Å². The van der Waals surface area contributed by atoms with Gasteiger partial charge in [-0.25, -0.2) is 19.3 Å². The molecule has 150 valence electrons. The minimum absolute atomic E-state index is 0.163. The van der Waals surface area contributed by atoms with E-state index in [9.17, 15) is 9.18 Å². The van der Waals surface area contributed by atoms with Crippen molar-refractivity contribution in [1.29, 1.82) is 0 Å². The van der Waals surface area contributed by atoms with Gasteiger partial charge in [-0.3, -0.25) is 4.79 Å². The molecule has 3 N–H and O–H groups in total. The number of ether oxygens (including phenoxy) is 2. The maximum atomic E-state index is 13.4. The largest absolute Gasteiger partial charge is 0.480 e. The van der Waals surface area contributed by atoms with Gasteiger partial charge in [0, 0.05) is 11.8 Å². The Kier molecular flexibility index (Phi) is 5.45. The lowest BCUT2D eigenvalue weighted by atomic mass is 10.1.